The van der Waals surface area contributed by atoms with Gasteiger partial charge in [-0.15, -0.1) is 0 Å². The third-order valence-electron chi connectivity index (χ3n) is 2.95. The lowest BCUT2D eigenvalue weighted by molar-refractivity contribution is 0.993. The van der Waals surface area contributed by atoms with Crippen LogP contribution >= 0.6 is 8.07 Å². The van der Waals surface area contributed by atoms with Crippen LogP contribution in [-0.2, 0) is 0 Å². The highest BCUT2D eigenvalue weighted by atomic mass is 31.1. The minimum atomic E-state index is -0.193. The lowest BCUT2D eigenvalue weighted by atomic mass is 10.1. The number of aryl methyl sites for hydroxylation is 2. The van der Waals surface area contributed by atoms with E-state index in [0.29, 0.717) is 11.3 Å². The van der Waals surface area contributed by atoms with Gasteiger partial charge in [0.2, 0.25) is 0 Å². The first-order valence-electron chi connectivity index (χ1n) is 6.56. The second-order valence-electron chi connectivity index (χ2n) is 5.22. The van der Waals surface area contributed by atoms with Crippen LogP contribution in [0.5, 0.6) is 0 Å². The minimum absolute atomic E-state index is 0.193. The van der Waals surface area contributed by atoms with Gasteiger partial charge in [-0.25, -0.2) is 4.99 Å². The molecule has 0 fully saturated rings. The first-order chi connectivity index (χ1) is 8.43. The Balaban J connectivity index is 2.75. The summed E-state index contributed by atoms with van der Waals surface area (Å²) in [6, 6.07) is 6.28. The van der Waals surface area contributed by atoms with Crippen LogP contribution in [0.1, 0.15) is 38.8 Å². The molecule has 0 heterocycles. The Hall–Kier alpha value is -0.880. The molecule has 0 aliphatic heterocycles. The van der Waals surface area contributed by atoms with Crippen LogP contribution in [0.2, 0.25) is 0 Å². The molecule has 0 unspecified atom stereocenters. The molecule has 0 radical (unpaired) electrons. The number of nitrogens with zero attached hydrogens (tertiary/aromatic N) is 1. The molecule has 0 aromatic heterocycles. The molecule has 0 bridgehead atoms. The Labute approximate surface area is 113 Å². The molecule has 0 atom stereocenters. The van der Waals surface area contributed by atoms with E-state index in [2.05, 4.69) is 69.8 Å². The predicted octanol–water partition coefficient (Wildman–Crippen LogP) is 4.77. The van der Waals surface area contributed by atoms with Gasteiger partial charge in [0.1, 0.15) is 0 Å². The van der Waals surface area contributed by atoms with E-state index in [0.717, 1.165) is 5.69 Å². The van der Waals surface area contributed by atoms with Crippen molar-refractivity contribution in [2.75, 3.05) is 0 Å². The molecule has 0 amide bonds. The molecule has 1 aromatic rings. The zero-order chi connectivity index (χ0) is 13.7. The normalized spacial score (nSPS) is 12.1. The lowest BCUT2D eigenvalue weighted by Gasteiger charge is -2.24. The van der Waals surface area contributed by atoms with E-state index in [1.165, 1.54) is 11.1 Å². The smallest absolute Gasteiger partial charge is 0.0919 e. The van der Waals surface area contributed by atoms with Crippen molar-refractivity contribution in [2.45, 2.75) is 52.9 Å². The summed E-state index contributed by atoms with van der Waals surface area (Å²) in [7, 11) is -0.193. The van der Waals surface area contributed by atoms with Crippen molar-refractivity contribution in [3.63, 3.8) is 0 Å². The molecule has 1 aromatic carbocycles. The van der Waals surface area contributed by atoms with Crippen LogP contribution in [0.4, 0.5) is 5.69 Å². The predicted molar refractivity (Wildman–Crippen MR) is 84.4 cm³/mol. The van der Waals surface area contributed by atoms with Crippen molar-refractivity contribution in [3.05, 3.63) is 29.3 Å². The van der Waals surface area contributed by atoms with E-state index in [-0.39, 0.29) is 8.07 Å². The van der Waals surface area contributed by atoms with Gasteiger partial charge in [0, 0.05) is 0 Å². The van der Waals surface area contributed by atoms with Gasteiger partial charge in [0.05, 0.1) is 12.0 Å². The quantitative estimate of drug-likeness (QED) is 0.462. The van der Waals surface area contributed by atoms with Crippen LogP contribution in [0, 0.1) is 13.8 Å². The maximum Gasteiger partial charge on any atom is 0.0919 e. The van der Waals surface area contributed by atoms with Crippen molar-refractivity contribution in [1.82, 2.24) is 5.09 Å². The number of aliphatic imine (C=N–C) groups is 1. The van der Waals surface area contributed by atoms with E-state index < -0.39 is 0 Å². The Morgan fingerprint density at radius 3 is 2.00 bits per heavy atom. The topological polar surface area (TPSA) is 24.4 Å². The third-order valence-corrected chi connectivity index (χ3v) is 5.59. The molecule has 0 spiro atoms. The number of benzene rings is 1. The molecular weight excluding hydrogens is 239 g/mol. The average molecular weight is 264 g/mol. The molecule has 0 aliphatic carbocycles. The van der Waals surface area contributed by atoms with Crippen molar-refractivity contribution in [2.24, 2.45) is 4.99 Å². The van der Waals surface area contributed by atoms with E-state index in [1.54, 1.807) is 0 Å². The number of rotatable bonds is 5. The summed E-state index contributed by atoms with van der Waals surface area (Å²) >= 11 is 0. The van der Waals surface area contributed by atoms with Crippen molar-refractivity contribution in [1.29, 1.82) is 0 Å². The molecule has 1 N–H and O–H groups in total. The highest BCUT2D eigenvalue weighted by Gasteiger charge is 2.15. The summed E-state index contributed by atoms with van der Waals surface area (Å²) in [4.78, 5) is 4.59. The molecule has 2 nitrogen and oxygen atoms in total. The lowest BCUT2D eigenvalue weighted by Crippen LogP contribution is -2.16. The first kappa shape index (κ1) is 15.2. The summed E-state index contributed by atoms with van der Waals surface area (Å²) in [5, 5.41) is 3.49. The second kappa shape index (κ2) is 6.89. The number of hydrogen-bond donors (Lipinski definition) is 1. The van der Waals surface area contributed by atoms with Gasteiger partial charge >= 0.3 is 0 Å². The summed E-state index contributed by atoms with van der Waals surface area (Å²) in [5.41, 5.74) is 4.89. The van der Waals surface area contributed by atoms with Gasteiger partial charge in [-0.2, -0.15) is 0 Å². The molecule has 18 heavy (non-hydrogen) atoms. The van der Waals surface area contributed by atoms with Gasteiger partial charge < -0.3 is 5.09 Å². The fourth-order valence-electron chi connectivity index (χ4n) is 2.06. The Bertz CT molecular complexity index is 383. The summed E-state index contributed by atoms with van der Waals surface area (Å²) in [6.07, 6.45) is 1.89. The second-order valence-corrected chi connectivity index (χ2v) is 8.36. The minimum Gasteiger partial charge on any atom is -0.355 e. The standard InChI is InChI=1S/C15H25N2P/c1-11(2)18(12(3)4)17-10-16-15-13(5)8-7-9-14(15)6/h7-12H,1-6H3,(H,16,17). The summed E-state index contributed by atoms with van der Waals surface area (Å²) < 4.78 is 0. The van der Waals surface area contributed by atoms with E-state index in [9.17, 15) is 0 Å². The Morgan fingerprint density at radius 2 is 1.56 bits per heavy atom. The average Bonchev–Trinajstić information content (AvgIpc) is 2.26. The maximum absolute atomic E-state index is 4.59. The number of para-hydroxylation sites is 1. The maximum atomic E-state index is 4.59. The van der Waals surface area contributed by atoms with Crippen LogP contribution in [0.15, 0.2) is 23.2 Å². The van der Waals surface area contributed by atoms with Crippen LogP contribution in [0.3, 0.4) is 0 Å². The van der Waals surface area contributed by atoms with Crippen molar-refractivity contribution >= 4 is 20.1 Å². The molecule has 0 saturated carbocycles. The Kier molecular flexibility index (Phi) is 5.81. The van der Waals surface area contributed by atoms with Gasteiger partial charge in [-0.05, 0) is 44.4 Å². The molecule has 100 valence electrons. The number of hydrogen-bond acceptors (Lipinski definition) is 1. The van der Waals surface area contributed by atoms with Gasteiger partial charge in [0.15, 0.2) is 0 Å². The van der Waals surface area contributed by atoms with E-state index in [4.69, 9.17) is 0 Å². The van der Waals surface area contributed by atoms with E-state index in [1.807, 2.05) is 6.34 Å². The van der Waals surface area contributed by atoms with Crippen LogP contribution in [-0.4, -0.2) is 17.7 Å². The van der Waals surface area contributed by atoms with Crippen LogP contribution in [0.25, 0.3) is 0 Å². The number of nitrogens with one attached hydrogen (secondary N) is 1. The SMILES string of the molecule is Cc1cccc(C)c1/N=C/NP(C(C)C)C(C)C. The third kappa shape index (κ3) is 4.10. The molecule has 0 saturated heterocycles. The van der Waals surface area contributed by atoms with Crippen molar-refractivity contribution in [3.8, 4) is 0 Å². The summed E-state index contributed by atoms with van der Waals surface area (Å²) in [5.74, 6) is 0. The van der Waals surface area contributed by atoms with E-state index >= 15 is 0 Å². The highest BCUT2D eigenvalue weighted by molar-refractivity contribution is 7.57. The Morgan fingerprint density at radius 1 is 1.06 bits per heavy atom. The highest BCUT2D eigenvalue weighted by Crippen LogP contribution is 2.41. The van der Waals surface area contributed by atoms with Crippen molar-refractivity contribution < 1.29 is 0 Å². The monoisotopic (exact) mass is 264 g/mol. The van der Waals surface area contributed by atoms with Gasteiger partial charge in [-0.3, -0.25) is 0 Å². The largest absolute Gasteiger partial charge is 0.355 e. The van der Waals surface area contributed by atoms with Gasteiger partial charge in [-0.1, -0.05) is 45.9 Å². The summed E-state index contributed by atoms with van der Waals surface area (Å²) in [6.45, 7) is 13.3. The molecular formula is C15H25N2P. The fourth-order valence-corrected chi connectivity index (χ4v) is 4.04. The van der Waals surface area contributed by atoms with Gasteiger partial charge in [0.25, 0.3) is 0 Å². The zero-order valence-corrected chi connectivity index (χ0v) is 13.3. The molecule has 0 aliphatic rings. The molecule has 3 heteroatoms. The fraction of sp³-hybridized carbons (Fsp3) is 0.533. The first-order valence-corrected chi connectivity index (χ1v) is 8.04. The molecule has 1 rings (SSSR count). The zero-order valence-electron chi connectivity index (χ0n) is 12.4. The van der Waals surface area contributed by atoms with Crippen LogP contribution < -0.4 is 5.09 Å².